The average Bonchev–Trinajstić information content (AvgIpc) is 2.16. The van der Waals surface area contributed by atoms with Gasteiger partial charge in [-0.3, -0.25) is 0 Å². The predicted octanol–water partition coefficient (Wildman–Crippen LogP) is 3.86. The van der Waals surface area contributed by atoms with Crippen molar-refractivity contribution in [3.05, 3.63) is 34.9 Å². The number of halogens is 2. The van der Waals surface area contributed by atoms with Gasteiger partial charge in [-0.05, 0) is 36.6 Å². The molecule has 1 radical (unpaired) electrons. The summed E-state index contributed by atoms with van der Waals surface area (Å²) in [5.41, 5.74) is 0.900. The van der Waals surface area contributed by atoms with Crippen molar-refractivity contribution in [3.63, 3.8) is 0 Å². The summed E-state index contributed by atoms with van der Waals surface area (Å²) in [5.74, 6) is -0.644. The van der Waals surface area contributed by atoms with Crippen LogP contribution < -0.4 is 0 Å². The fraction of sp³-hybridized carbons (Fsp3) is 0.455. The van der Waals surface area contributed by atoms with Crippen molar-refractivity contribution in [2.75, 3.05) is 0 Å². The SMILES string of the molecule is CC.CCc1c(F)ccc(F)c1C.[V]. The molecule has 0 aliphatic carbocycles. The van der Waals surface area contributed by atoms with E-state index < -0.39 is 0 Å². The van der Waals surface area contributed by atoms with Gasteiger partial charge >= 0.3 is 0 Å². The first-order chi connectivity index (χ1) is 6.16. The molecule has 0 unspecified atom stereocenters. The molecule has 0 aromatic heterocycles. The van der Waals surface area contributed by atoms with E-state index in [0.717, 1.165) is 6.07 Å². The van der Waals surface area contributed by atoms with Crippen LogP contribution in [0.4, 0.5) is 8.78 Å². The molecule has 0 saturated heterocycles. The summed E-state index contributed by atoms with van der Waals surface area (Å²) < 4.78 is 25.6. The molecule has 0 heterocycles. The molecule has 0 aliphatic rings. The second-order valence-electron chi connectivity index (χ2n) is 2.49. The Labute approximate surface area is 96.6 Å². The van der Waals surface area contributed by atoms with Crippen molar-refractivity contribution < 1.29 is 27.3 Å². The first kappa shape index (κ1) is 16.1. The van der Waals surface area contributed by atoms with Gasteiger partial charge in [0.25, 0.3) is 0 Å². The summed E-state index contributed by atoms with van der Waals surface area (Å²) in [5, 5.41) is 0. The maximum absolute atomic E-state index is 12.9. The maximum Gasteiger partial charge on any atom is 0.126 e. The van der Waals surface area contributed by atoms with E-state index in [1.54, 1.807) is 6.92 Å². The molecule has 1 aromatic carbocycles. The largest absolute Gasteiger partial charge is 0.207 e. The molecular weight excluding hydrogens is 221 g/mol. The minimum absolute atomic E-state index is 0. The van der Waals surface area contributed by atoms with E-state index in [-0.39, 0.29) is 30.2 Å². The van der Waals surface area contributed by atoms with Gasteiger partial charge in [0.15, 0.2) is 0 Å². The molecule has 0 nitrogen and oxygen atoms in total. The Morgan fingerprint density at radius 3 is 1.86 bits per heavy atom. The Hall–Kier alpha value is -0.336. The molecule has 0 bridgehead atoms. The number of hydrogen-bond donors (Lipinski definition) is 0. The summed E-state index contributed by atoms with van der Waals surface area (Å²) in [6.45, 7) is 7.40. The number of rotatable bonds is 1. The Morgan fingerprint density at radius 2 is 1.50 bits per heavy atom. The Balaban J connectivity index is 0. The summed E-state index contributed by atoms with van der Waals surface area (Å²) >= 11 is 0. The quantitative estimate of drug-likeness (QED) is 0.695. The van der Waals surface area contributed by atoms with E-state index in [1.807, 2.05) is 20.8 Å². The molecule has 14 heavy (non-hydrogen) atoms. The van der Waals surface area contributed by atoms with Crippen molar-refractivity contribution in [3.8, 4) is 0 Å². The van der Waals surface area contributed by atoms with Crippen LogP contribution in [-0.2, 0) is 25.0 Å². The van der Waals surface area contributed by atoms with Gasteiger partial charge in [-0.15, -0.1) is 0 Å². The van der Waals surface area contributed by atoms with Crippen molar-refractivity contribution in [1.29, 1.82) is 0 Å². The van der Waals surface area contributed by atoms with E-state index >= 15 is 0 Å². The van der Waals surface area contributed by atoms with E-state index in [2.05, 4.69) is 0 Å². The molecule has 0 amide bonds. The smallest absolute Gasteiger partial charge is 0.126 e. The standard InChI is InChI=1S/C9H10F2.C2H6.V/c1-3-7-6(2)8(10)4-5-9(7)11;1-2;/h4-5H,3H2,1-2H3;1-2H3;. The third kappa shape index (κ3) is 3.81. The molecular formula is C11H16F2V. The van der Waals surface area contributed by atoms with Gasteiger partial charge in [0.05, 0.1) is 0 Å². The van der Waals surface area contributed by atoms with Crippen LogP contribution in [0.1, 0.15) is 31.9 Å². The van der Waals surface area contributed by atoms with Crippen molar-refractivity contribution in [2.45, 2.75) is 34.1 Å². The van der Waals surface area contributed by atoms with E-state index in [0.29, 0.717) is 17.5 Å². The molecule has 0 aliphatic heterocycles. The van der Waals surface area contributed by atoms with Crippen LogP contribution >= 0.6 is 0 Å². The molecule has 1 rings (SSSR count). The average molecular weight is 237 g/mol. The van der Waals surface area contributed by atoms with Gasteiger partial charge in [-0.25, -0.2) is 8.78 Å². The molecule has 0 fully saturated rings. The molecule has 0 N–H and O–H groups in total. The van der Waals surface area contributed by atoms with Crippen LogP contribution in [0.5, 0.6) is 0 Å². The van der Waals surface area contributed by atoms with E-state index in [1.165, 1.54) is 6.07 Å². The van der Waals surface area contributed by atoms with Crippen LogP contribution in [0, 0.1) is 18.6 Å². The van der Waals surface area contributed by atoms with Gasteiger partial charge < -0.3 is 0 Å². The molecule has 3 heteroatoms. The summed E-state index contributed by atoms with van der Waals surface area (Å²) in [7, 11) is 0. The fourth-order valence-electron chi connectivity index (χ4n) is 1.13. The fourth-order valence-corrected chi connectivity index (χ4v) is 1.13. The first-order valence-electron chi connectivity index (χ1n) is 4.60. The molecule has 0 saturated carbocycles. The molecule has 0 spiro atoms. The monoisotopic (exact) mass is 237 g/mol. The second-order valence-corrected chi connectivity index (χ2v) is 2.49. The number of benzene rings is 1. The topological polar surface area (TPSA) is 0 Å². The van der Waals surface area contributed by atoms with Gasteiger partial charge in [-0.2, -0.15) is 0 Å². The van der Waals surface area contributed by atoms with Crippen molar-refractivity contribution in [1.82, 2.24) is 0 Å². The Bertz CT molecular complexity index is 272. The predicted molar refractivity (Wildman–Crippen MR) is 51.8 cm³/mol. The maximum atomic E-state index is 12.9. The first-order valence-corrected chi connectivity index (χ1v) is 4.60. The second kappa shape index (κ2) is 8.01. The van der Waals surface area contributed by atoms with Crippen LogP contribution in [0.2, 0.25) is 0 Å². The van der Waals surface area contributed by atoms with E-state index in [9.17, 15) is 8.78 Å². The number of hydrogen-bond acceptors (Lipinski definition) is 0. The van der Waals surface area contributed by atoms with Gasteiger partial charge in [-0.1, -0.05) is 20.8 Å². The minimum Gasteiger partial charge on any atom is -0.207 e. The zero-order chi connectivity index (χ0) is 10.4. The molecule has 1 aromatic rings. The Morgan fingerprint density at radius 1 is 1.07 bits per heavy atom. The normalized spacial score (nSPS) is 8.43. The van der Waals surface area contributed by atoms with Crippen LogP contribution in [-0.4, -0.2) is 0 Å². The molecule has 0 atom stereocenters. The van der Waals surface area contributed by atoms with Crippen molar-refractivity contribution >= 4 is 0 Å². The van der Waals surface area contributed by atoms with Crippen molar-refractivity contribution in [2.24, 2.45) is 0 Å². The van der Waals surface area contributed by atoms with Crippen LogP contribution in [0.25, 0.3) is 0 Å². The third-order valence-corrected chi connectivity index (χ3v) is 1.83. The third-order valence-electron chi connectivity index (χ3n) is 1.83. The van der Waals surface area contributed by atoms with Crippen LogP contribution in [0.3, 0.4) is 0 Å². The Kier molecular flexibility index (Phi) is 9.22. The summed E-state index contributed by atoms with van der Waals surface area (Å²) in [6.07, 6.45) is 0.537. The zero-order valence-electron chi connectivity index (χ0n) is 9.06. The zero-order valence-corrected chi connectivity index (χ0v) is 10.5. The summed E-state index contributed by atoms with van der Waals surface area (Å²) in [4.78, 5) is 0. The van der Waals surface area contributed by atoms with E-state index in [4.69, 9.17) is 0 Å². The summed E-state index contributed by atoms with van der Waals surface area (Å²) in [6, 6.07) is 2.32. The van der Waals surface area contributed by atoms with Gasteiger partial charge in [0.1, 0.15) is 11.6 Å². The minimum atomic E-state index is -0.330. The van der Waals surface area contributed by atoms with Crippen LogP contribution in [0.15, 0.2) is 12.1 Å². The molecule has 79 valence electrons. The van der Waals surface area contributed by atoms with Gasteiger partial charge in [0.2, 0.25) is 0 Å². The van der Waals surface area contributed by atoms with Gasteiger partial charge in [0, 0.05) is 18.6 Å².